The van der Waals surface area contributed by atoms with Gasteiger partial charge in [0.15, 0.2) is 0 Å². The maximum atomic E-state index is 6.20. The second-order valence-electron chi connectivity index (χ2n) is 5.67. The zero-order valence-electron chi connectivity index (χ0n) is 13.1. The first-order valence-corrected chi connectivity index (χ1v) is 8.61. The number of unbranched alkanes of at least 4 members (excludes halogenated alkanes) is 7. The summed E-state index contributed by atoms with van der Waals surface area (Å²) in [5.74, 6) is 0. The zero-order valence-corrected chi connectivity index (χ0v) is 13.9. The molecule has 0 spiro atoms. The normalized spacial score (nSPS) is 12.6. The van der Waals surface area contributed by atoms with E-state index in [1.54, 1.807) is 0 Å². The van der Waals surface area contributed by atoms with Crippen LogP contribution in [0.4, 0.5) is 0 Å². The highest BCUT2D eigenvalue weighted by Crippen LogP contribution is 2.22. The van der Waals surface area contributed by atoms with Gasteiger partial charge in [0, 0.05) is 11.1 Å². The molecule has 2 heteroatoms. The Bertz CT molecular complexity index is 351. The summed E-state index contributed by atoms with van der Waals surface area (Å²) >= 11 is 6.20. The lowest BCUT2D eigenvalue weighted by molar-refractivity contribution is 0.521. The third-order valence-electron chi connectivity index (χ3n) is 3.85. The van der Waals surface area contributed by atoms with E-state index in [9.17, 15) is 0 Å². The van der Waals surface area contributed by atoms with E-state index in [-0.39, 0.29) is 0 Å². The van der Waals surface area contributed by atoms with Crippen LogP contribution in [0.3, 0.4) is 0 Å². The lowest BCUT2D eigenvalue weighted by atomic mass is 10.1. The topological polar surface area (TPSA) is 12.0 Å². The van der Waals surface area contributed by atoms with Crippen LogP contribution in [-0.4, -0.2) is 6.54 Å². The highest BCUT2D eigenvalue weighted by molar-refractivity contribution is 6.31. The second kappa shape index (κ2) is 11.2. The molecule has 1 aromatic carbocycles. The lowest BCUT2D eigenvalue weighted by Crippen LogP contribution is -2.20. The molecule has 0 saturated heterocycles. The number of hydrogen-bond donors (Lipinski definition) is 1. The van der Waals surface area contributed by atoms with Crippen LogP contribution in [0.15, 0.2) is 24.3 Å². The molecule has 0 aliphatic carbocycles. The third-order valence-corrected chi connectivity index (χ3v) is 4.20. The molecule has 0 aliphatic rings. The summed E-state index contributed by atoms with van der Waals surface area (Å²) in [6.07, 6.45) is 11.0. The molecule has 0 unspecified atom stereocenters. The van der Waals surface area contributed by atoms with Gasteiger partial charge in [0.2, 0.25) is 0 Å². The fraction of sp³-hybridized carbons (Fsp3) is 0.667. The predicted molar refractivity (Wildman–Crippen MR) is 90.5 cm³/mol. The Kier molecular flexibility index (Phi) is 9.78. The number of nitrogens with one attached hydrogen (secondary N) is 1. The molecule has 0 amide bonds. The van der Waals surface area contributed by atoms with Gasteiger partial charge in [-0.1, -0.05) is 81.7 Å². The number of hydrogen-bond acceptors (Lipinski definition) is 1. The van der Waals surface area contributed by atoms with E-state index in [1.165, 1.54) is 56.9 Å². The van der Waals surface area contributed by atoms with Crippen molar-refractivity contribution in [3.8, 4) is 0 Å². The number of halogens is 1. The molecule has 1 nitrogen and oxygen atoms in total. The van der Waals surface area contributed by atoms with Crippen LogP contribution in [0.2, 0.25) is 5.02 Å². The molecular formula is C18H30ClN. The highest BCUT2D eigenvalue weighted by atomic mass is 35.5. The summed E-state index contributed by atoms with van der Waals surface area (Å²) in [4.78, 5) is 0. The minimum absolute atomic E-state index is 0.341. The Morgan fingerprint density at radius 2 is 1.55 bits per heavy atom. The fourth-order valence-corrected chi connectivity index (χ4v) is 2.81. The van der Waals surface area contributed by atoms with Crippen LogP contribution < -0.4 is 5.32 Å². The molecular weight excluding hydrogens is 266 g/mol. The summed E-state index contributed by atoms with van der Waals surface area (Å²) in [6.45, 7) is 5.54. The molecule has 1 rings (SSSR count). The molecule has 0 heterocycles. The maximum Gasteiger partial charge on any atom is 0.0453 e. The van der Waals surface area contributed by atoms with Crippen LogP contribution >= 0.6 is 11.6 Å². The Morgan fingerprint density at radius 3 is 2.20 bits per heavy atom. The molecule has 0 aliphatic heterocycles. The van der Waals surface area contributed by atoms with Crippen LogP contribution in [0, 0.1) is 0 Å². The van der Waals surface area contributed by atoms with E-state index in [0.717, 1.165) is 11.6 Å². The standard InChI is InChI=1S/C18H30ClN/c1-3-4-5-6-7-8-9-12-15-20-16(2)17-13-10-11-14-18(17)19/h10-11,13-14,16,20H,3-9,12,15H2,1-2H3/t16-/m1/s1. The number of rotatable bonds is 11. The Labute approximate surface area is 130 Å². The van der Waals surface area contributed by atoms with Crippen LogP contribution in [0.5, 0.6) is 0 Å². The summed E-state index contributed by atoms with van der Waals surface area (Å²) < 4.78 is 0. The molecule has 0 fully saturated rings. The van der Waals surface area contributed by atoms with E-state index < -0.39 is 0 Å². The van der Waals surface area contributed by atoms with Crippen LogP contribution in [-0.2, 0) is 0 Å². The van der Waals surface area contributed by atoms with Crippen molar-refractivity contribution < 1.29 is 0 Å². The SMILES string of the molecule is CCCCCCCCCCN[C@H](C)c1ccccc1Cl. The van der Waals surface area contributed by atoms with E-state index >= 15 is 0 Å². The third kappa shape index (κ3) is 7.31. The van der Waals surface area contributed by atoms with Crippen molar-refractivity contribution in [2.75, 3.05) is 6.54 Å². The fourth-order valence-electron chi connectivity index (χ4n) is 2.51. The van der Waals surface area contributed by atoms with Crippen molar-refractivity contribution in [2.45, 2.75) is 71.3 Å². The first-order chi connectivity index (χ1) is 9.75. The molecule has 1 atom stereocenters. The molecule has 0 saturated carbocycles. The second-order valence-corrected chi connectivity index (χ2v) is 6.08. The average Bonchev–Trinajstić information content (AvgIpc) is 2.46. The van der Waals surface area contributed by atoms with Gasteiger partial charge in [0.05, 0.1) is 0 Å². The maximum absolute atomic E-state index is 6.20. The van der Waals surface area contributed by atoms with Gasteiger partial charge in [0.25, 0.3) is 0 Å². The quantitative estimate of drug-likeness (QED) is 0.484. The van der Waals surface area contributed by atoms with Gasteiger partial charge in [0.1, 0.15) is 0 Å². The summed E-state index contributed by atoms with van der Waals surface area (Å²) in [6, 6.07) is 8.44. The molecule has 1 N–H and O–H groups in total. The molecule has 0 radical (unpaired) electrons. The van der Waals surface area contributed by atoms with E-state index in [4.69, 9.17) is 11.6 Å². The van der Waals surface area contributed by atoms with Gasteiger partial charge in [-0.05, 0) is 31.5 Å². The van der Waals surface area contributed by atoms with Gasteiger partial charge in [-0.25, -0.2) is 0 Å². The lowest BCUT2D eigenvalue weighted by Gasteiger charge is -2.15. The molecule has 114 valence electrons. The minimum atomic E-state index is 0.341. The Balaban J connectivity index is 2.03. The Hall–Kier alpha value is -0.530. The Morgan fingerprint density at radius 1 is 0.950 bits per heavy atom. The molecule has 0 aromatic heterocycles. The number of benzene rings is 1. The molecule has 1 aromatic rings. The highest BCUT2D eigenvalue weighted by Gasteiger charge is 2.07. The van der Waals surface area contributed by atoms with Gasteiger partial charge in [-0.2, -0.15) is 0 Å². The first kappa shape index (κ1) is 17.5. The van der Waals surface area contributed by atoms with Gasteiger partial charge in [-0.3, -0.25) is 0 Å². The monoisotopic (exact) mass is 295 g/mol. The van der Waals surface area contributed by atoms with E-state index in [1.807, 2.05) is 12.1 Å². The first-order valence-electron chi connectivity index (χ1n) is 8.23. The average molecular weight is 296 g/mol. The van der Waals surface area contributed by atoms with Gasteiger partial charge in [-0.15, -0.1) is 0 Å². The van der Waals surface area contributed by atoms with Crippen molar-refractivity contribution in [1.82, 2.24) is 5.32 Å². The van der Waals surface area contributed by atoms with Crippen molar-refractivity contribution >= 4 is 11.6 Å². The largest absolute Gasteiger partial charge is 0.310 e. The van der Waals surface area contributed by atoms with Crippen molar-refractivity contribution in [1.29, 1.82) is 0 Å². The van der Waals surface area contributed by atoms with Gasteiger partial charge < -0.3 is 5.32 Å². The van der Waals surface area contributed by atoms with Gasteiger partial charge >= 0.3 is 0 Å². The zero-order chi connectivity index (χ0) is 14.6. The smallest absolute Gasteiger partial charge is 0.0453 e. The summed E-state index contributed by atoms with van der Waals surface area (Å²) in [5, 5.41) is 4.43. The molecule has 20 heavy (non-hydrogen) atoms. The van der Waals surface area contributed by atoms with E-state index in [0.29, 0.717) is 6.04 Å². The summed E-state index contributed by atoms with van der Waals surface area (Å²) in [7, 11) is 0. The van der Waals surface area contributed by atoms with Crippen molar-refractivity contribution in [3.63, 3.8) is 0 Å². The minimum Gasteiger partial charge on any atom is -0.310 e. The van der Waals surface area contributed by atoms with E-state index in [2.05, 4.69) is 31.3 Å². The summed E-state index contributed by atoms with van der Waals surface area (Å²) in [5.41, 5.74) is 1.20. The van der Waals surface area contributed by atoms with Crippen LogP contribution in [0.1, 0.15) is 76.8 Å². The van der Waals surface area contributed by atoms with Crippen molar-refractivity contribution in [3.05, 3.63) is 34.9 Å². The van der Waals surface area contributed by atoms with Crippen LogP contribution in [0.25, 0.3) is 0 Å². The predicted octanol–water partition coefficient (Wildman–Crippen LogP) is 6.13. The van der Waals surface area contributed by atoms with Crippen molar-refractivity contribution in [2.24, 2.45) is 0 Å². The molecule has 0 bridgehead atoms.